The standard InChI is InChI=1S/C7H5ClO2.Na/c8-7(10)5-1-3-6(9)4-2-5;/h1-4,9H;. The van der Waals surface area contributed by atoms with Crippen molar-refractivity contribution >= 4 is 46.4 Å². The minimum Gasteiger partial charge on any atom is -0.508 e. The number of phenols is 1. The smallest absolute Gasteiger partial charge is 0.252 e. The van der Waals surface area contributed by atoms with Crippen molar-refractivity contribution in [2.24, 2.45) is 0 Å². The van der Waals surface area contributed by atoms with Crippen LogP contribution < -0.4 is 0 Å². The topological polar surface area (TPSA) is 37.3 Å². The zero-order chi connectivity index (χ0) is 7.56. The number of benzene rings is 1. The summed E-state index contributed by atoms with van der Waals surface area (Å²) in [5.74, 6) is 0.127. The van der Waals surface area contributed by atoms with Gasteiger partial charge in [0.25, 0.3) is 5.24 Å². The van der Waals surface area contributed by atoms with Crippen LogP contribution in [0.15, 0.2) is 24.3 Å². The van der Waals surface area contributed by atoms with Crippen LogP contribution in [-0.2, 0) is 0 Å². The molecule has 1 aromatic carbocycles. The van der Waals surface area contributed by atoms with Crippen LogP contribution in [0.2, 0.25) is 0 Å². The molecular formula is C7H5ClNaO2. The first-order valence-corrected chi connectivity index (χ1v) is 3.07. The van der Waals surface area contributed by atoms with Crippen molar-refractivity contribution in [2.45, 2.75) is 0 Å². The van der Waals surface area contributed by atoms with E-state index < -0.39 is 5.24 Å². The summed E-state index contributed by atoms with van der Waals surface area (Å²) < 4.78 is 0. The fourth-order valence-electron chi connectivity index (χ4n) is 0.592. The summed E-state index contributed by atoms with van der Waals surface area (Å²) in [4.78, 5) is 10.4. The van der Waals surface area contributed by atoms with Crippen molar-refractivity contribution in [3.63, 3.8) is 0 Å². The maximum Gasteiger partial charge on any atom is 0.252 e. The van der Waals surface area contributed by atoms with Gasteiger partial charge in [0.15, 0.2) is 0 Å². The number of phenolic OH excluding ortho intramolecular Hbond substituents is 1. The molecule has 2 nitrogen and oxygen atoms in total. The molecule has 0 saturated heterocycles. The normalized spacial score (nSPS) is 8.45. The number of halogens is 1. The molecular weight excluding hydrogens is 175 g/mol. The first-order chi connectivity index (χ1) is 4.70. The average Bonchev–Trinajstić information content (AvgIpc) is 1.88. The number of hydrogen-bond acceptors (Lipinski definition) is 2. The summed E-state index contributed by atoms with van der Waals surface area (Å²) in [5.41, 5.74) is 0.388. The van der Waals surface area contributed by atoms with Crippen molar-refractivity contribution in [3.05, 3.63) is 29.8 Å². The van der Waals surface area contributed by atoms with Gasteiger partial charge in [0.05, 0.1) is 0 Å². The van der Waals surface area contributed by atoms with E-state index in [1.54, 1.807) is 0 Å². The molecule has 4 heteroatoms. The summed E-state index contributed by atoms with van der Waals surface area (Å²) in [5, 5.41) is 8.27. The minimum absolute atomic E-state index is 0. The van der Waals surface area contributed by atoms with Gasteiger partial charge in [-0.3, -0.25) is 4.79 Å². The molecule has 1 rings (SSSR count). The van der Waals surface area contributed by atoms with Gasteiger partial charge in [0.1, 0.15) is 5.75 Å². The van der Waals surface area contributed by atoms with E-state index in [0.717, 1.165) is 0 Å². The van der Waals surface area contributed by atoms with Crippen LogP contribution in [0, 0.1) is 0 Å². The van der Waals surface area contributed by atoms with Crippen LogP contribution in [0.5, 0.6) is 5.75 Å². The molecule has 1 radical (unpaired) electrons. The van der Waals surface area contributed by atoms with Gasteiger partial charge in [-0.05, 0) is 35.9 Å². The van der Waals surface area contributed by atoms with Gasteiger partial charge in [-0.1, -0.05) is 0 Å². The third-order valence-electron chi connectivity index (χ3n) is 1.09. The van der Waals surface area contributed by atoms with E-state index in [9.17, 15) is 4.79 Å². The van der Waals surface area contributed by atoms with E-state index in [2.05, 4.69) is 0 Å². The molecule has 0 aromatic heterocycles. The van der Waals surface area contributed by atoms with Crippen molar-refractivity contribution < 1.29 is 9.90 Å². The fraction of sp³-hybridized carbons (Fsp3) is 0. The van der Waals surface area contributed by atoms with Crippen LogP contribution in [0.3, 0.4) is 0 Å². The molecule has 0 saturated carbocycles. The summed E-state index contributed by atoms with van der Waals surface area (Å²) >= 11 is 5.13. The van der Waals surface area contributed by atoms with Gasteiger partial charge in [0.2, 0.25) is 0 Å². The zero-order valence-electron chi connectivity index (χ0n) is 6.04. The Morgan fingerprint density at radius 1 is 1.27 bits per heavy atom. The quantitative estimate of drug-likeness (QED) is 0.523. The van der Waals surface area contributed by atoms with E-state index in [-0.39, 0.29) is 35.3 Å². The van der Waals surface area contributed by atoms with Crippen LogP contribution in [-0.4, -0.2) is 39.9 Å². The van der Waals surface area contributed by atoms with Gasteiger partial charge in [0, 0.05) is 35.1 Å². The monoisotopic (exact) mass is 179 g/mol. The molecule has 1 aromatic rings. The largest absolute Gasteiger partial charge is 0.508 e. The molecule has 0 spiro atoms. The maximum absolute atomic E-state index is 10.4. The van der Waals surface area contributed by atoms with E-state index in [4.69, 9.17) is 16.7 Å². The Morgan fingerprint density at radius 2 is 1.73 bits per heavy atom. The molecule has 1 N–H and O–H groups in total. The molecule has 11 heavy (non-hydrogen) atoms. The number of hydrogen-bond donors (Lipinski definition) is 1. The SMILES string of the molecule is O=C(Cl)c1ccc(O)cc1.[Na]. The second-order valence-electron chi connectivity index (χ2n) is 1.82. The Morgan fingerprint density at radius 3 is 2.09 bits per heavy atom. The van der Waals surface area contributed by atoms with Crippen LogP contribution >= 0.6 is 11.6 Å². The van der Waals surface area contributed by atoms with Gasteiger partial charge in [-0.2, -0.15) is 0 Å². The molecule has 0 bridgehead atoms. The first kappa shape index (κ1) is 11.0. The molecule has 0 unspecified atom stereocenters. The summed E-state index contributed by atoms with van der Waals surface area (Å²) in [6, 6.07) is 5.75. The van der Waals surface area contributed by atoms with Crippen molar-refractivity contribution in [2.75, 3.05) is 0 Å². The van der Waals surface area contributed by atoms with Gasteiger partial charge in [-0.25, -0.2) is 0 Å². The van der Waals surface area contributed by atoms with E-state index in [1.807, 2.05) is 0 Å². The Labute approximate surface area is 91.5 Å². The van der Waals surface area contributed by atoms with E-state index >= 15 is 0 Å². The van der Waals surface area contributed by atoms with Crippen molar-refractivity contribution in [3.8, 4) is 5.75 Å². The van der Waals surface area contributed by atoms with Crippen LogP contribution in [0.1, 0.15) is 10.4 Å². The Balaban J connectivity index is 0.000001000. The van der Waals surface area contributed by atoms with Crippen LogP contribution in [0.25, 0.3) is 0 Å². The number of carbonyl (C=O) groups excluding carboxylic acids is 1. The Hall–Kier alpha value is -0.0200. The van der Waals surface area contributed by atoms with E-state index in [0.29, 0.717) is 5.56 Å². The predicted octanol–water partition coefficient (Wildman–Crippen LogP) is 1.39. The predicted molar refractivity (Wildman–Crippen MR) is 44.0 cm³/mol. The summed E-state index contributed by atoms with van der Waals surface area (Å²) in [7, 11) is 0. The fourth-order valence-corrected chi connectivity index (χ4v) is 0.718. The second kappa shape index (κ2) is 4.78. The summed E-state index contributed by atoms with van der Waals surface area (Å²) in [6.45, 7) is 0. The molecule has 0 atom stereocenters. The van der Waals surface area contributed by atoms with Gasteiger partial charge in [-0.15, -0.1) is 0 Å². The average molecular weight is 180 g/mol. The number of rotatable bonds is 1. The number of aromatic hydroxyl groups is 1. The molecule has 0 aliphatic rings. The molecule has 0 heterocycles. The second-order valence-corrected chi connectivity index (χ2v) is 2.16. The molecule has 0 aliphatic heterocycles. The Bertz CT molecular complexity index is 245. The molecule has 0 fully saturated rings. The maximum atomic E-state index is 10.4. The van der Waals surface area contributed by atoms with Crippen molar-refractivity contribution in [1.29, 1.82) is 0 Å². The third kappa shape index (κ3) is 3.25. The van der Waals surface area contributed by atoms with Crippen molar-refractivity contribution in [1.82, 2.24) is 0 Å². The van der Waals surface area contributed by atoms with Crippen LogP contribution in [0.4, 0.5) is 0 Å². The molecule has 0 aliphatic carbocycles. The van der Waals surface area contributed by atoms with Gasteiger partial charge >= 0.3 is 0 Å². The summed E-state index contributed by atoms with van der Waals surface area (Å²) in [6.07, 6.45) is 0. The zero-order valence-corrected chi connectivity index (χ0v) is 8.80. The third-order valence-corrected chi connectivity index (χ3v) is 1.31. The molecule has 0 amide bonds. The van der Waals surface area contributed by atoms with E-state index in [1.165, 1.54) is 24.3 Å². The molecule has 53 valence electrons. The number of carbonyl (C=O) groups is 1. The van der Waals surface area contributed by atoms with Gasteiger partial charge < -0.3 is 5.11 Å². The minimum atomic E-state index is -0.514. The Kier molecular flexibility index (Phi) is 4.77. The first-order valence-electron chi connectivity index (χ1n) is 2.69.